The smallest absolute Gasteiger partial charge is 0.387 e. The highest BCUT2D eigenvalue weighted by atomic mass is 19.4. The van der Waals surface area contributed by atoms with E-state index in [1.54, 1.807) is 37.3 Å². The van der Waals surface area contributed by atoms with Crippen molar-refractivity contribution in [3.63, 3.8) is 0 Å². The molecule has 5 nitrogen and oxygen atoms in total. The van der Waals surface area contributed by atoms with Crippen LogP contribution in [-0.4, -0.2) is 27.4 Å². The number of pyridine rings is 2. The SMILES string of the molecule is Cc1ncccc1C(=O)c1nc(NC[C@@H](O)c2ccccc2)ccc1C(F)(F)F.[HH].[HH]. The number of hydrogen-bond donors (Lipinski definition) is 2. The summed E-state index contributed by atoms with van der Waals surface area (Å²) in [6.45, 7) is 1.56. The molecule has 0 amide bonds. The molecular weight excluding hydrogens is 383 g/mol. The van der Waals surface area contributed by atoms with Gasteiger partial charge in [-0.15, -0.1) is 0 Å². The molecule has 0 saturated heterocycles. The Morgan fingerprint density at radius 1 is 1.14 bits per heavy atom. The molecule has 0 unspecified atom stereocenters. The van der Waals surface area contributed by atoms with Gasteiger partial charge in [0.05, 0.1) is 11.7 Å². The highest BCUT2D eigenvalue weighted by molar-refractivity contribution is 6.09. The summed E-state index contributed by atoms with van der Waals surface area (Å²) in [5.74, 6) is -0.812. The van der Waals surface area contributed by atoms with Gasteiger partial charge in [0.1, 0.15) is 11.5 Å². The molecule has 2 heterocycles. The molecule has 0 saturated carbocycles. The first kappa shape index (κ1) is 20.5. The summed E-state index contributed by atoms with van der Waals surface area (Å²) < 4.78 is 40.3. The van der Waals surface area contributed by atoms with Crippen LogP contribution in [0.15, 0.2) is 60.8 Å². The lowest BCUT2D eigenvalue weighted by molar-refractivity contribution is -0.138. The van der Waals surface area contributed by atoms with Crippen molar-refractivity contribution in [3.8, 4) is 0 Å². The van der Waals surface area contributed by atoms with Crippen LogP contribution in [0.25, 0.3) is 0 Å². The van der Waals surface area contributed by atoms with Crippen LogP contribution in [0.2, 0.25) is 0 Å². The minimum atomic E-state index is -4.74. The van der Waals surface area contributed by atoms with Gasteiger partial charge in [0, 0.05) is 26.9 Å². The van der Waals surface area contributed by atoms with Gasteiger partial charge in [-0.25, -0.2) is 4.98 Å². The van der Waals surface area contributed by atoms with E-state index in [1.165, 1.54) is 18.3 Å². The number of hydrogen-bond acceptors (Lipinski definition) is 5. The summed E-state index contributed by atoms with van der Waals surface area (Å²) in [5, 5.41) is 13.0. The van der Waals surface area contributed by atoms with Gasteiger partial charge in [-0.3, -0.25) is 9.78 Å². The lowest BCUT2D eigenvalue weighted by Gasteiger charge is -2.16. The van der Waals surface area contributed by atoms with Crippen LogP contribution in [0, 0.1) is 6.92 Å². The molecule has 8 heteroatoms. The van der Waals surface area contributed by atoms with Crippen molar-refractivity contribution in [2.75, 3.05) is 11.9 Å². The average Bonchev–Trinajstić information content (AvgIpc) is 2.71. The van der Waals surface area contributed by atoms with Crippen molar-refractivity contribution in [1.29, 1.82) is 0 Å². The first-order valence-electron chi connectivity index (χ1n) is 8.79. The summed E-state index contributed by atoms with van der Waals surface area (Å²) in [6, 6.07) is 13.6. The Morgan fingerprint density at radius 3 is 2.52 bits per heavy atom. The standard InChI is InChI=1S/C21H18F3N3O2.2H2/c1-13-15(8-5-11-25-13)20(29)19-16(21(22,23)24)9-10-18(27-19)26-12-17(28)14-6-3-2-4-7-14;;/h2-11,17,28H,12H2,1H3,(H,26,27);2*1H/t17-;;/m1../s1. The molecule has 0 aliphatic carbocycles. The molecule has 3 rings (SSSR count). The zero-order valence-electron chi connectivity index (χ0n) is 15.4. The molecule has 0 aliphatic heterocycles. The lowest BCUT2D eigenvalue weighted by Crippen LogP contribution is -2.19. The van der Waals surface area contributed by atoms with Gasteiger partial charge in [-0.1, -0.05) is 30.3 Å². The second kappa shape index (κ2) is 8.40. The Kier molecular flexibility index (Phi) is 5.93. The predicted molar refractivity (Wildman–Crippen MR) is 106 cm³/mol. The van der Waals surface area contributed by atoms with Crippen LogP contribution in [0.5, 0.6) is 0 Å². The van der Waals surface area contributed by atoms with Crippen LogP contribution in [0.3, 0.4) is 0 Å². The van der Waals surface area contributed by atoms with Gasteiger partial charge in [0.15, 0.2) is 0 Å². The van der Waals surface area contributed by atoms with Crippen LogP contribution in [-0.2, 0) is 6.18 Å². The zero-order chi connectivity index (χ0) is 21.0. The highest BCUT2D eigenvalue weighted by Gasteiger charge is 2.37. The molecule has 0 spiro atoms. The van der Waals surface area contributed by atoms with E-state index in [9.17, 15) is 23.1 Å². The third-order valence-electron chi connectivity index (χ3n) is 4.33. The Labute approximate surface area is 168 Å². The van der Waals surface area contributed by atoms with E-state index < -0.39 is 29.3 Å². The zero-order valence-corrected chi connectivity index (χ0v) is 15.4. The first-order valence-corrected chi connectivity index (χ1v) is 8.79. The monoisotopic (exact) mass is 405 g/mol. The molecule has 29 heavy (non-hydrogen) atoms. The fourth-order valence-corrected chi connectivity index (χ4v) is 2.81. The molecular formula is C21H22F3N3O2. The Balaban J connectivity index is 0.00000240. The predicted octanol–water partition coefficient (Wildman–Crippen LogP) is 4.67. The van der Waals surface area contributed by atoms with E-state index in [1.807, 2.05) is 0 Å². The van der Waals surface area contributed by atoms with Crippen LogP contribution in [0.4, 0.5) is 19.0 Å². The molecule has 0 fully saturated rings. The second-order valence-electron chi connectivity index (χ2n) is 6.36. The number of aliphatic hydroxyl groups excluding tert-OH is 1. The number of aromatic nitrogens is 2. The van der Waals surface area contributed by atoms with E-state index in [4.69, 9.17) is 0 Å². The van der Waals surface area contributed by atoms with E-state index in [2.05, 4.69) is 15.3 Å². The summed E-state index contributed by atoms with van der Waals surface area (Å²) >= 11 is 0. The lowest BCUT2D eigenvalue weighted by atomic mass is 10.0. The van der Waals surface area contributed by atoms with Crippen LogP contribution >= 0.6 is 0 Å². The summed E-state index contributed by atoms with van der Waals surface area (Å²) in [6.07, 6.45) is -4.18. The number of halogens is 3. The van der Waals surface area contributed by atoms with Gasteiger partial charge in [0.25, 0.3) is 0 Å². The molecule has 0 bridgehead atoms. The molecule has 0 aliphatic rings. The fourth-order valence-electron chi connectivity index (χ4n) is 2.81. The Bertz CT molecular complexity index is 1020. The normalized spacial score (nSPS) is 12.4. The van der Waals surface area contributed by atoms with Crippen molar-refractivity contribution >= 4 is 11.6 Å². The number of carbonyl (C=O) groups excluding carboxylic acids is 1. The molecule has 1 atom stereocenters. The summed E-state index contributed by atoms with van der Waals surface area (Å²) in [5.41, 5.74) is -0.834. The van der Waals surface area contributed by atoms with Crippen molar-refractivity contribution in [2.45, 2.75) is 19.2 Å². The van der Waals surface area contributed by atoms with Gasteiger partial charge < -0.3 is 10.4 Å². The van der Waals surface area contributed by atoms with E-state index in [-0.39, 0.29) is 20.8 Å². The maximum atomic E-state index is 13.4. The number of benzene rings is 1. The molecule has 154 valence electrons. The van der Waals surface area contributed by atoms with Crippen molar-refractivity contribution in [3.05, 3.63) is 88.9 Å². The minimum Gasteiger partial charge on any atom is -0.387 e. The first-order chi connectivity index (χ1) is 13.8. The van der Waals surface area contributed by atoms with Crippen molar-refractivity contribution in [2.24, 2.45) is 0 Å². The number of rotatable bonds is 6. The number of nitrogens with one attached hydrogen (secondary N) is 1. The number of anilines is 1. The quantitative estimate of drug-likeness (QED) is 0.583. The topological polar surface area (TPSA) is 75.1 Å². The largest absolute Gasteiger partial charge is 0.418 e. The number of nitrogens with zero attached hydrogens (tertiary/aromatic N) is 2. The van der Waals surface area contributed by atoms with Crippen molar-refractivity contribution in [1.82, 2.24) is 9.97 Å². The van der Waals surface area contributed by atoms with Gasteiger partial charge in [-0.05, 0) is 36.8 Å². The maximum absolute atomic E-state index is 13.4. The second-order valence-corrected chi connectivity index (χ2v) is 6.36. The number of aryl methyl sites for hydroxylation is 1. The number of alkyl halides is 3. The van der Waals surface area contributed by atoms with E-state index in [0.717, 1.165) is 12.1 Å². The van der Waals surface area contributed by atoms with Crippen molar-refractivity contribution < 1.29 is 25.9 Å². The Morgan fingerprint density at radius 2 is 1.86 bits per heavy atom. The molecule has 1 aromatic carbocycles. The third-order valence-corrected chi connectivity index (χ3v) is 4.33. The highest BCUT2D eigenvalue weighted by Crippen LogP contribution is 2.33. The number of aliphatic hydroxyl groups is 1. The summed E-state index contributed by atoms with van der Waals surface area (Å²) in [7, 11) is 0. The summed E-state index contributed by atoms with van der Waals surface area (Å²) in [4.78, 5) is 20.6. The average molecular weight is 405 g/mol. The maximum Gasteiger partial charge on any atom is 0.418 e. The molecule has 2 aromatic heterocycles. The van der Waals surface area contributed by atoms with Crippen LogP contribution < -0.4 is 5.32 Å². The number of carbonyl (C=O) groups is 1. The molecule has 2 N–H and O–H groups in total. The fraction of sp³-hybridized carbons (Fsp3) is 0.190. The van der Waals surface area contributed by atoms with Gasteiger partial charge >= 0.3 is 6.18 Å². The Hall–Kier alpha value is -3.26. The molecule has 3 aromatic rings. The molecule has 0 radical (unpaired) electrons. The van der Waals surface area contributed by atoms with E-state index in [0.29, 0.717) is 11.3 Å². The van der Waals surface area contributed by atoms with Crippen LogP contribution in [0.1, 0.15) is 41.8 Å². The third kappa shape index (κ3) is 4.78. The van der Waals surface area contributed by atoms with E-state index >= 15 is 0 Å². The number of ketones is 1. The van der Waals surface area contributed by atoms with Gasteiger partial charge in [-0.2, -0.15) is 13.2 Å². The van der Waals surface area contributed by atoms with Gasteiger partial charge in [0.2, 0.25) is 5.78 Å². The minimum absolute atomic E-state index is 0.